The highest BCUT2D eigenvalue weighted by molar-refractivity contribution is 7.89. The van der Waals surface area contributed by atoms with Crippen LogP contribution in [0.3, 0.4) is 0 Å². The average Bonchev–Trinajstić information content (AvgIpc) is 3.17. The van der Waals surface area contributed by atoms with E-state index >= 15 is 0 Å². The number of carboxylic acid groups (broad SMARTS) is 1. The molecule has 0 atom stereocenters. The fraction of sp³-hybridized carbons (Fsp3) is 0.304. The Bertz CT molecular complexity index is 1340. The van der Waals surface area contributed by atoms with Gasteiger partial charge in [-0.25, -0.2) is 17.9 Å². The summed E-state index contributed by atoms with van der Waals surface area (Å²) in [7, 11) is -2.47. The van der Waals surface area contributed by atoms with Gasteiger partial charge in [-0.15, -0.1) is 0 Å². The summed E-state index contributed by atoms with van der Waals surface area (Å²) in [6.07, 6.45) is 4.52. The highest BCUT2D eigenvalue weighted by Crippen LogP contribution is 2.35. The fourth-order valence-corrected chi connectivity index (χ4v) is 6.06. The van der Waals surface area contributed by atoms with Crippen molar-refractivity contribution in [2.75, 3.05) is 7.11 Å². The topological polar surface area (TPSA) is 126 Å². The number of carbonyl (C=O) groups is 2. The molecular weight excluding hydrogens is 468 g/mol. The summed E-state index contributed by atoms with van der Waals surface area (Å²) in [5.41, 5.74) is 0.942. The fourth-order valence-electron chi connectivity index (χ4n) is 4.23. The number of carboxylic acids is 1. The summed E-state index contributed by atoms with van der Waals surface area (Å²) in [6, 6.07) is 9.05. The van der Waals surface area contributed by atoms with Gasteiger partial charge in [0.15, 0.2) is 0 Å². The second-order valence-electron chi connectivity index (χ2n) is 8.02. The number of Topliss-reactive ketones (excluding diaryl/α,β-unsaturated/α-hetero) is 1. The second kappa shape index (κ2) is 9.17. The third kappa shape index (κ3) is 4.62. The van der Waals surface area contributed by atoms with Crippen LogP contribution in [0.2, 0.25) is 5.02 Å². The normalized spacial score (nSPS) is 15.0. The Morgan fingerprint density at radius 1 is 1.12 bits per heavy atom. The number of nitrogens with one attached hydrogen (secondary N) is 2. The lowest BCUT2D eigenvalue weighted by Crippen LogP contribution is -2.36. The number of aliphatic carboxylic acids is 1. The van der Waals surface area contributed by atoms with Crippen molar-refractivity contribution < 1.29 is 27.9 Å². The van der Waals surface area contributed by atoms with Crippen molar-refractivity contribution in [3.05, 3.63) is 47.0 Å². The number of H-pyrrole nitrogens is 1. The molecule has 1 saturated carbocycles. The van der Waals surface area contributed by atoms with Crippen molar-refractivity contribution in [2.24, 2.45) is 0 Å². The van der Waals surface area contributed by atoms with Gasteiger partial charge in [0.1, 0.15) is 10.6 Å². The summed E-state index contributed by atoms with van der Waals surface area (Å²) < 4.78 is 34.1. The SMILES string of the molecule is COc1ccc2[nH]c(-c3ccc(Cl)c(S(=O)(=O)NC4CCCCC4)c3)c(C(=O)C(=O)O)c2c1. The van der Waals surface area contributed by atoms with Crippen LogP contribution in [0.1, 0.15) is 42.5 Å². The van der Waals surface area contributed by atoms with Crippen LogP contribution in [0.25, 0.3) is 22.2 Å². The van der Waals surface area contributed by atoms with Gasteiger partial charge in [-0.3, -0.25) is 4.79 Å². The number of fused-ring (bicyclic) bond motifs is 1. The first-order valence-electron chi connectivity index (χ1n) is 10.5. The molecule has 174 valence electrons. The van der Waals surface area contributed by atoms with Crippen molar-refractivity contribution in [2.45, 2.75) is 43.0 Å². The summed E-state index contributed by atoms with van der Waals surface area (Å²) in [4.78, 5) is 27.1. The maximum atomic E-state index is 13.1. The maximum Gasteiger partial charge on any atom is 0.377 e. The van der Waals surface area contributed by atoms with Crippen LogP contribution in [-0.2, 0) is 14.8 Å². The number of aromatic nitrogens is 1. The molecule has 1 aliphatic rings. The van der Waals surface area contributed by atoms with Crippen molar-refractivity contribution in [3.63, 3.8) is 0 Å². The number of aromatic amines is 1. The molecule has 0 amide bonds. The summed E-state index contributed by atoms with van der Waals surface area (Å²) in [5.74, 6) is -2.30. The van der Waals surface area contributed by atoms with E-state index in [9.17, 15) is 23.1 Å². The average molecular weight is 491 g/mol. The first kappa shape index (κ1) is 23.3. The van der Waals surface area contributed by atoms with Crippen LogP contribution in [0.4, 0.5) is 0 Å². The van der Waals surface area contributed by atoms with Gasteiger partial charge in [-0.1, -0.05) is 36.9 Å². The Morgan fingerprint density at radius 2 is 1.85 bits per heavy atom. The van der Waals surface area contributed by atoms with E-state index in [0.717, 1.165) is 32.1 Å². The predicted octanol–water partition coefficient (Wildman–Crippen LogP) is 4.38. The number of hydrogen-bond donors (Lipinski definition) is 3. The summed E-state index contributed by atoms with van der Waals surface area (Å²) in [6.45, 7) is 0. The molecule has 0 saturated heterocycles. The molecule has 1 fully saturated rings. The van der Waals surface area contributed by atoms with E-state index in [0.29, 0.717) is 22.2 Å². The van der Waals surface area contributed by atoms with Crippen LogP contribution in [0, 0.1) is 0 Å². The highest BCUT2D eigenvalue weighted by Gasteiger charge is 2.28. The molecule has 1 heterocycles. The molecule has 0 bridgehead atoms. The number of carbonyl (C=O) groups excluding carboxylic acids is 1. The number of ketones is 1. The van der Waals surface area contributed by atoms with E-state index in [-0.39, 0.29) is 27.2 Å². The van der Waals surface area contributed by atoms with E-state index in [1.54, 1.807) is 24.3 Å². The second-order valence-corrected chi connectivity index (χ2v) is 10.1. The smallest absolute Gasteiger partial charge is 0.377 e. The van der Waals surface area contributed by atoms with E-state index in [4.69, 9.17) is 16.3 Å². The molecule has 4 rings (SSSR count). The van der Waals surface area contributed by atoms with Gasteiger partial charge in [0.2, 0.25) is 10.0 Å². The van der Waals surface area contributed by atoms with Gasteiger partial charge in [0, 0.05) is 22.5 Å². The van der Waals surface area contributed by atoms with Gasteiger partial charge >= 0.3 is 5.97 Å². The Hall–Kier alpha value is -2.88. The van der Waals surface area contributed by atoms with Crippen molar-refractivity contribution >= 4 is 44.3 Å². The van der Waals surface area contributed by atoms with Gasteiger partial charge in [-0.05, 0) is 43.2 Å². The number of sulfonamides is 1. The number of halogens is 1. The summed E-state index contributed by atoms with van der Waals surface area (Å²) in [5, 5.41) is 9.79. The third-order valence-corrected chi connectivity index (χ3v) is 7.87. The van der Waals surface area contributed by atoms with Gasteiger partial charge < -0.3 is 14.8 Å². The largest absolute Gasteiger partial charge is 0.497 e. The number of benzene rings is 2. The minimum absolute atomic E-state index is 0.0333. The zero-order valence-corrected chi connectivity index (χ0v) is 19.4. The molecule has 33 heavy (non-hydrogen) atoms. The molecule has 3 N–H and O–H groups in total. The standard InChI is InChI=1S/C23H23ClN2O6S/c1-32-15-8-10-18-16(12-15)20(22(27)23(28)29)21(25-18)13-7-9-17(24)19(11-13)33(30,31)26-14-5-3-2-4-6-14/h7-12,14,25-26H,2-6H2,1H3,(H,28,29). The lowest BCUT2D eigenvalue weighted by Gasteiger charge is -2.23. The van der Waals surface area contributed by atoms with E-state index < -0.39 is 21.8 Å². The first-order valence-corrected chi connectivity index (χ1v) is 12.4. The monoisotopic (exact) mass is 490 g/mol. The Labute approximate surface area is 196 Å². The van der Waals surface area contributed by atoms with Crippen LogP contribution >= 0.6 is 11.6 Å². The van der Waals surface area contributed by atoms with Gasteiger partial charge in [0.25, 0.3) is 5.78 Å². The lowest BCUT2D eigenvalue weighted by molar-refractivity contribution is -0.131. The quantitative estimate of drug-likeness (QED) is 0.333. The van der Waals surface area contributed by atoms with Crippen LogP contribution in [-0.4, -0.2) is 43.4 Å². The van der Waals surface area contributed by atoms with Crippen LogP contribution in [0.5, 0.6) is 5.75 Å². The molecular formula is C23H23ClN2O6S. The molecule has 0 unspecified atom stereocenters. The molecule has 10 heteroatoms. The van der Waals surface area contributed by atoms with E-state index in [1.807, 2.05) is 0 Å². The summed E-state index contributed by atoms with van der Waals surface area (Å²) >= 11 is 6.25. The number of rotatable bonds is 7. The first-order chi connectivity index (χ1) is 15.7. The molecule has 3 aromatic rings. The Balaban J connectivity index is 1.84. The Morgan fingerprint density at radius 3 is 2.52 bits per heavy atom. The molecule has 0 radical (unpaired) electrons. The molecule has 1 aromatic heterocycles. The van der Waals surface area contributed by atoms with E-state index in [1.165, 1.54) is 19.2 Å². The number of hydrogen-bond acceptors (Lipinski definition) is 5. The van der Waals surface area contributed by atoms with Crippen LogP contribution < -0.4 is 9.46 Å². The highest BCUT2D eigenvalue weighted by atomic mass is 35.5. The van der Waals surface area contributed by atoms with E-state index in [2.05, 4.69) is 9.71 Å². The van der Waals surface area contributed by atoms with Crippen LogP contribution in [0.15, 0.2) is 41.3 Å². The minimum atomic E-state index is -3.93. The zero-order chi connectivity index (χ0) is 23.8. The molecule has 8 nitrogen and oxygen atoms in total. The predicted molar refractivity (Wildman–Crippen MR) is 124 cm³/mol. The minimum Gasteiger partial charge on any atom is -0.497 e. The van der Waals surface area contributed by atoms with Crippen molar-refractivity contribution in [1.29, 1.82) is 0 Å². The molecule has 1 aliphatic carbocycles. The van der Waals surface area contributed by atoms with Crippen molar-refractivity contribution in [3.8, 4) is 17.0 Å². The third-order valence-electron chi connectivity index (χ3n) is 5.86. The van der Waals surface area contributed by atoms with Gasteiger partial charge in [-0.2, -0.15) is 0 Å². The number of ether oxygens (including phenoxy) is 1. The number of methoxy groups -OCH3 is 1. The zero-order valence-electron chi connectivity index (χ0n) is 17.9. The maximum absolute atomic E-state index is 13.1. The van der Waals surface area contributed by atoms with Gasteiger partial charge in [0.05, 0.1) is 23.4 Å². The van der Waals surface area contributed by atoms with Crippen molar-refractivity contribution in [1.82, 2.24) is 9.71 Å². The molecule has 0 aliphatic heterocycles. The molecule has 0 spiro atoms. The Kier molecular flexibility index (Phi) is 6.47. The lowest BCUT2D eigenvalue weighted by atomic mass is 9.96. The molecule has 2 aromatic carbocycles.